The first-order valence-electron chi connectivity index (χ1n) is 5.48. The third-order valence-electron chi connectivity index (χ3n) is 2.77. The Kier molecular flexibility index (Phi) is 4.73. The van der Waals surface area contributed by atoms with E-state index in [1.54, 1.807) is 13.0 Å². The molecular formula is C11H19NO4S. The van der Waals surface area contributed by atoms with Crippen LogP contribution in [0.15, 0.2) is 23.5 Å². The molecular weight excluding hydrogens is 242 g/mol. The van der Waals surface area contributed by atoms with Crippen molar-refractivity contribution in [3.05, 3.63) is 23.5 Å². The highest BCUT2D eigenvalue weighted by Gasteiger charge is 2.28. The van der Waals surface area contributed by atoms with Crippen molar-refractivity contribution in [1.29, 1.82) is 0 Å². The van der Waals surface area contributed by atoms with E-state index in [0.29, 0.717) is 6.54 Å². The van der Waals surface area contributed by atoms with Crippen molar-refractivity contribution in [2.75, 3.05) is 19.3 Å². The van der Waals surface area contributed by atoms with Crippen LogP contribution in [0.25, 0.3) is 0 Å². The zero-order chi connectivity index (χ0) is 13.1. The minimum absolute atomic E-state index is 0.0496. The molecule has 0 amide bonds. The van der Waals surface area contributed by atoms with Crippen LogP contribution >= 0.6 is 0 Å². The molecule has 17 heavy (non-hydrogen) atoms. The van der Waals surface area contributed by atoms with E-state index < -0.39 is 15.9 Å². The van der Waals surface area contributed by atoms with Crippen molar-refractivity contribution in [3.8, 4) is 0 Å². The van der Waals surface area contributed by atoms with Crippen molar-refractivity contribution < 1.29 is 18.3 Å². The normalized spacial score (nSPS) is 23.5. The standard InChI is InChI=1S/C11H19NO4S/c1-4-10(16-8(2)17(3,14)15)11(13)9-5-6-12-7-9/h4,9,11-13H,2,5-7H2,1,3H3/b10-4-. The molecule has 0 aliphatic carbocycles. The smallest absolute Gasteiger partial charge is 0.210 e. The lowest BCUT2D eigenvalue weighted by atomic mass is 10.00. The molecule has 0 bridgehead atoms. The van der Waals surface area contributed by atoms with Crippen LogP contribution in [0.5, 0.6) is 0 Å². The number of hydrogen-bond donors (Lipinski definition) is 2. The van der Waals surface area contributed by atoms with E-state index in [2.05, 4.69) is 11.9 Å². The van der Waals surface area contributed by atoms with E-state index in [-0.39, 0.29) is 16.8 Å². The molecule has 0 aromatic rings. The van der Waals surface area contributed by atoms with Gasteiger partial charge in [0.25, 0.3) is 0 Å². The number of hydrogen-bond acceptors (Lipinski definition) is 5. The van der Waals surface area contributed by atoms with Crippen molar-refractivity contribution in [3.63, 3.8) is 0 Å². The highest BCUT2D eigenvalue weighted by atomic mass is 32.2. The highest BCUT2D eigenvalue weighted by molar-refractivity contribution is 7.94. The lowest BCUT2D eigenvalue weighted by molar-refractivity contribution is 0.0954. The van der Waals surface area contributed by atoms with Crippen molar-refractivity contribution in [1.82, 2.24) is 5.32 Å². The molecule has 98 valence electrons. The second kappa shape index (κ2) is 5.66. The first-order valence-corrected chi connectivity index (χ1v) is 7.37. The van der Waals surface area contributed by atoms with Crippen LogP contribution in [-0.2, 0) is 14.6 Å². The lowest BCUT2D eigenvalue weighted by Gasteiger charge is -2.20. The number of aliphatic hydroxyl groups is 1. The number of rotatable bonds is 5. The van der Waals surface area contributed by atoms with Crippen LogP contribution in [-0.4, -0.2) is 39.0 Å². The van der Waals surface area contributed by atoms with Crippen molar-refractivity contribution >= 4 is 9.84 Å². The van der Waals surface area contributed by atoms with Gasteiger partial charge in [0.1, 0.15) is 11.9 Å². The molecule has 0 radical (unpaired) electrons. The van der Waals surface area contributed by atoms with Gasteiger partial charge in [-0.25, -0.2) is 8.42 Å². The Labute approximate surface area is 102 Å². The predicted molar refractivity (Wildman–Crippen MR) is 65.8 cm³/mol. The summed E-state index contributed by atoms with van der Waals surface area (Å²) in [4.78, 5) is 0. The van der Waals surface area contributed by atoms with E-state index in [9.17, 15) is 13.5 Å². The summed E-state index contributed by atoms with van der Waals surface area (Å²) in [5.74, 6) is 0.294. The topological polar surface area (TPSA) is 75.6 Å². The first-order chi connectivity index (χ1) is 7.86. The summed E-state index contributed by atoms with van der Waals surface area (Å²) in [6, 6.07) is 0. The van der Waals surface area contributed by atoms with Gasteiger partial charge in [0.2, 0.25) is 14.9 Å². The molecule has 1 rings (SSSR count). The van der Waals surface area contributed by atoms with Crippen LogP contribution in [0.1, 0.15) is 13.3 Å². The third-order valence-corrected chi connectivity index (χ3v) is 3.68. The van der Waals surface area contributed by atoms with Crippen molar-refractivity contribution in [2.24, 2.45) is 5.92 Å². The van der Waals surface area contributed by atoms with E-state index in [1.165, 1.54) is 0 Å². The highest BCUT2D eigenvalue weighted by Crippen LogP contribution is 2.22. The summed E-state index contributed by atoms with van der Waals surface area (Å²) in [6.45, 7) is 6.59. The minimum Gasteiger partial charge on any atom is -0.448 e. The van der Waals surface area contributed by atoms with Crippen LogP contribution in [0, 0.1) is 5.92 Å². The Hall–Kier alpha value is -0.850. The monoisotopic (exact) mass is 261 g/mol. The van der Waals surface area contributed by atoms with Gasteiger partial charge in [-0.3, -0.25) is 0 Å². The average Bonchev–Trinajstić information content (AvgIpc) is 2.76. The minimum atomic E-state index is -3.45. The number of ether oxygens (including phenoxy) is 1. The molecule has 1 saturated heterocycles. The second-order valence-electron chi connectivity index (χ2n) is 4.13. The molecule has 0 saturated carbocycles. The van der Waals surface area contributed by atoms with Crippen LogP contribution in [0.3, 0.4) is 0 Å². The Bertz CT molecular complexity index is 407. The second-order valence-corrected chi connectivity index (χ2v) is 6.13. The fourth-order valence-corrected chi connectivity index (χ4v) is 1.92. The fraction of sp³-hybridized carbons (Fsp3) is 0.636. The summed E-state index contributed by atoms with van der Waals surface area (Å²) < 4.78 is 27.5. The molecule has 1 aliphatic heterocycles. The largest absolute Gasteiger partial charge is 0.448 e. The van der Waals surface area contributed by atoms with Gasteiger partial charge in [0, 0.05) is 18.7 Å². The molecule has 5 nitrogen and oxygen atoms in total. The van der Waals surface area contributed by atoms with Gasteiger partial charge in [0.15, 0.2) is 0 Å². The number of sulfone groups is 1. The zero-order valence-corrected chi connectivity index (χ0v) is 11.0. The summed E-state index contributed by atoms with van der Waals surface area (Å²) in [6.07, 6.45) is 2.63. The van der Waals surface area contributed by atoms with Gasteiger partial charge < -0.3 is 15.2 Å². The van der Waals surface area contributed by atoms with E-state index >= 15 is 0 Å². The molecule has 0 spiro atoms. The summed E-state index contributed by atoms with van der Waals surface area (Å²) in [7, 11) is -3.45. The molecule has 6 heteroatoms. The Morgan fingerprint density at radius 3 is 2.71 bits per heavy atom. The van der Waals surface area contributed by atoms with Gasteiger partial charge in [-0.05, 0) is 32.5 Å². The molecule has 2 unspecified atom stereocenters. The Morgan fingerprint density at radius 2 is 2.29 bits per heavy atom. The average molecular weight is 261 g/mol. The molecule has 1 heterocycles. The van der Waals surface area contributed by atoms with E-state index in [4.69, 9.17) is 4.74 Å². The molecule has 0 aromatic carbocycles. The summed E-state index contributed by atoms with van der Waals surface area (Å²) in [5, 5.41) is 12.8. The number of aliphatic hydroxyl groups excluding tert-OH is 1. The van der Waals surface area contributed by atoms with Gasteiger partial charge in [-0.2, -0.15) is 0 Å². The molecule has 0 aromatic heterocycles. The predicted octanol–water partition coefficient (Wildman–Crippen LogP) is 0.393. The zero-order valence-electron chi connectivity index (χ0n) is 10.1. The Balaban J connectivity index is 2.69. The summed E-state index contributed by atoms with van der Waals surface area (Å²) in [5.41, 5.74) is 0. The molecule has 2 atom stereocenters. The van der Waals surface area contributed by atoms with Crippen LogP contribution < -0.4 is 5.32 Å². The SMILES string of the molecule is C=C(O/C(=C\C)C(O)C1CCNC1)S(C)(=O)=O. The maximum Gasteiger partial charge on any atom is 0.210 e. The van der Waals surface area contributed by atoms with E-state index in [0.717, 1.165) is 19.2 Å². The third kappa shape index (κ3) is 3.83. The molecule has 1 aliphatic rings. The van der Waals surface area contributed by atoms with Gasteiger partial charge in [-0.15, -0.1) is 0 Å². The lowest BCUT2D eigenvalue weighted by Crippen LogP contribution is -2.26. The summed E-state index contributed by atoms with van der Waals surface area (Å²) >= 11 is 0. The van der Waals surface area contributed by atoms with Gasteiger partial charge >= 0.3 is 0 Å². The van der Waals surface area contributed by atoms with E-state index in [1.807, 2.05) is 0 Å². The molecule has 2 N–H and O–H groups in total. The first kappa shape index (κ1) is 14.2. The van der Waals surface area contributed by atoms with Crippen LogP contribution in [0.2, 0.25) is 0 Å². The maximum atomic E-state index is 11.2. The quantitative estimate of drug-likeness (QED) is 0.700. The Morgan fingerprint density at radius 1 is 1.65 bits per heavy atom. The fourth-order valence-electron chi connectivity index (χ4n) is 1.68. The van der Waals surface area contributed by atoms with Crippen molar-refractivity contribution in [2.45, 2.75) is 19.4 Å². The van der Waals surface area contributed by atoms with Gasteiger partial charge in [0.05, 0.1) is 0 Å². The number of allylic oxidation sites excluding steroid dienone is 1. The maximum absolute atomic E-state index is 11.2. The van der Waals surface area contributed by atoms with Crippen LogP contribution in [0.4, 0.5) is 0 Å². The number of nitrogens with one attached hydrogen (secondary N) is 1. The van der Waals surface area contributed by atoms with Gasteiger partial charge in [-0.1, -0.05) is 0 Å². The molecule has 1 fully saturated rings.